The molecule has 2 heterocycles. The standard InChI is InChI=1S/C19H14F3N5/c1-11-2-4-13(9-14(11)19(20,21)22)26-18-23-7-6-15(27-18)12-3-5-16-17(8-12)25-10-24-16/h2-10H,1H3,(H,24,25)(H,23,26,27). The Kier molecular flexibility index (Phi) is 4.02. The second kappa shape index (κ2) is 6.39. The van der Waals surface area contributed by atoms with Crippen molar-refractivity contribution < 1.29 is 13.2 Å². The SMILES string of the molecule is Cc1ccc(Nc2nccc(-c3ccc4[nH]cnc4c3)n2)cc1C(F)(F)F. The Labute approximate surface area is 152 Å². The van der Waals surface area contributed by atoms with Gasteiger partial charge in [0.25, 0.3) is 0 Å². The summed E-state index contributed by atoms with van der Waals surface area (Å²) in [6.45, 7) is 1.43. The summed E-state index contributed by atoms with van der Waals surface area (Å²) in [6.07, 6.45) is -1.25. The fraction of sp³-hybridized carbons (Fsp3) is 0.105. The van der Waals surface area contributed by atoms with Crippen molar-refractivity contribution in [3.8, 4) is 11.3 Å². The van der Waals surface area contributed by atoms with E-state index in [0.29, 0.717) is 5.69 Å². The van der Waals surface area contributed by atoms with Crippen LogP contribution < -0.4 is 5.32 Å². The van der Waals surface area contributed by atoms with Crippen LogP contribution in [0.1, 0.15) is 11.1 Å². The summed E-state index contributed by atoms with van der Waals surface area (Å²) in [5, 5.41) is 2.84. The summed E-state index contributed by atoms with van der Waals surface area (Å²) < 4.78 is 39.3. The lowest BCUT2D eigenvalue weighted by Crippen LogP contribution is -2.08. The Morgan fingerprint density at radius 3 is 2.67 bits per heavy atom. The third-order valence-corrected chi connectivity index (χ3v) is 4.17. The molecular weight excluding hydrogens is 355 g/mol. The first kappa shape index (κ1) is 17.0. The number of H-pyrrole nitrogens is 1. The van der Waals surface area contributed by atoms with E-state index in [2.05, 4.69) is 25.3 Å². The molecule has 4 aromatic rings. The third-order valence-electron chi connectivity index (χ3n) is 4.17. The highest BCUT2D eigenvalue weighted by Gasteiger charge is 2.32. The van der Waals surface area contributed by atoms with Crippen LogP contribution in [0.5, 0.6) is 0 Å². The molecule has 0 saturated heterocycles. The van der Waals surface area contributed by atoms with Gasteiger partial charge >= 0.3 is 6.18 Å². The van der Waals surface area contributed by atoms with Crippen molar-refractivity contribution >= 4 is 22.7 Å². The van der Waals surface area contributed by atoms with Gasteiger partial charge in [-0.25, -0.2) is 15.0 Å². The van der Waals surface area contributed by atoms with Gasteiger partial charge in [-0.2, -0.15) is 13.2 Å². The van der Waals surface area contributed by atoms with E-state index in [1.54, 1.807) is 24.7 Å². The van der Waals surface area contributed by atoms with E-state index < -0.39 is 11.7 Å². The van der Waals surface area contributed by atoms with Gasteiger partial charge in [0.1, 0.15) is 0 Å². The highest BCUT2D eigenvalue weighted by Crippen LogP contribution is 2.34. The van der Waals surface area contributed by atoms with E-state index in [0.717, 1.165) is 22.7 Å². The highest BCUT2D eigenvalue weighted by atomic mass is 19.4. The van der Waals surface area contributed by atoms with Gasteiger partial charge in [0.2, 0.25) is 5.95 Å². The maximum atomic E-state index is 13.1. The van der Waals surface area contributed by atoms with Crippen molar-refractivity contribution in [3.05, 3.63) is 66.1 Å². The largest absolute Gasteiger partial charge is 0.416 e. The first-order chi connectivity index (χ1) is 12.9. The van der Waals surface area contributed by atoms with Gasteiger partial charge in [-0.3, -0.25) is 0 Å². The van der Waals surface area contributed by atoms with Crippen molar-refractivity contribution in [1.29, 1.82) is 0 Å². The molecule has 5 nitrogen and oxygen atoms in total. The molecule has 136 valence electrons. The molecule has 8 heteroatoms. The number of aryl methyl sites for hydroxylation is 1. The maximum Gasteiger partial charge on any atom is 0.416 e. The van der Waals surface area contributed by atoms with Crippen LogP contribution in [0.15, 0.2) is 55.0 Å². The van der Waals surface area contributed by atoms with Crippen LogP contribution >= 0.6 is 0 Å². The van der Waals surface area contributed by atoms with Crippen molar-refractivity contribution in [2.45, 2.75) is 13.1 Å². The summed E-state index contributed by atoms with van der Waals surface area (Å²) in [5.41, 5.74) is 2.93. The van der Waals surface area contributed by atoms with Gasteiger partial charge in [0, 0.05) is 17.4 Å². The molecule has 2 aromatic heterocycles. The molecule has 2 aromatic carbocycles. The van der Waals surface area contributed by atoms with Crippen molar-refractivity contribution in [1.82, 2.24) is 19.9 Å². The van der Waals surface area contributed by atoms with Crippen molar-refractivity contribution in [2.75, 3.05) is 5.32 Å². The minimum atomic E-state index is -4.41. The fourth-order valence-corrected chi connectivity index (χ4v) is 2.81. The summed E-state index contributed by atoms with van der Waals surface area (Å²) in [4.78, 5) is 15.7. The second-order valence-electron chi connectivity index (χ2n) is 6.05. The lowest BCUT2D eigenvalue weighted by molar-refractivity contribution is -0.138. The Balaban J connectivity index is 1.65. The minimum Gasteiger partial charge on any atom is -0.345 e. The maximum absolute atomic E-state index is 13.1. The predicted molar refractivity (Wildman–Crippen MR) is 96.6 cm³/mol. The van der Waals surface area contributed by atoms with Crippen LogP contribution in [-0.2, 0) is 6.18 Å². The average molecular weight is 369 g/mol. The van der Waals surface area contributed by atoms with Crippen molar-refractivity contribution in [3.63, 3.8) is 0 Å². The molecule has 0 spiro atoms. The summed E-state index contributed by atoms with van der Waals surface area (Å²) in [7, 11) is 0. The molecule has 2 N–H and O–H groups in total. The first-order valence-corrected chi connectivity index (χ1v) is 8.11. The number of anilines is 2. The van der Waals surface area contributed by atoms with E-state index in [-0.39, 0.29) is 17.2 Å². The number of benzene rings is 2. The summed E-state index contributed by atoms with van der Waals surface area (Å²) >= 11 is 0. The van der Waals surface area contributed by atoms with E-state index in [1.165, 1.54) is 13.0 Å². The molecule has 0 saturated carbocycles. The minimum absolute atomic E-state index is 0.162. The molecule has 0 amide bonds. The van der Waals surface area contributed by atoms with Crippen LogP contribution in [0.4, 0.5) is 24.8 Å². The summed E-state index contributed by atoms with van der Waals surface area (Å²) in [5.74, 6) is 0.214. The van der Waals surface area contributed by atoms with Crippen molar-refractivity contribution in [2.24, 2.45) is 0 Å². The number of hydrogen-bond acceptors (Lipinski definition) is 4. The average Bonchev–Trinajstić information content (AvgIpc) is 3.10. The van der Waals surface area contributed by atoms with E-state index >= 15 is 0 Å². The number of hydrogen-bond donors (Lipinski definition) is 2. The number of nitrogens with zero attached hydrogens (tertiary/aromatic N) is 3. The molecule has 27 heavy (non-hydrogen) atoms. The second-order valence-corrected chi connectivity index (χ2v) is 6.05. The zero-order chi connectivity index (χ0) is 19.0. The number of rotatable bonds is 3. The number of halogens is 3. The Bertz CT molecular complexity index is 1120. The van der Waals surface area contributed by atoms with Crippen LogP contribution in [0.25, 0.3) is 22.3 Å². The monoisotopic (exact) mass is 369 g/mol. The van der Waals surface area contributed by atoms with Crippen LogP contribution in [-0.4, -0.2) is 19.9 Å². The normalized spacial score (nSPS) is 11.7. The molecule has 0 unspecified atom stereocenters. The van der Waals surface area contributed by atoms with Gasteiger partial charge in [-0.1, -0.05) is 12.1 Å². The quantitative estimate of drug-likeness (QED) is 0.528. The fourth-order valence-electron chi connectivity index (χ4n) is 2.81. The molecule has 0 aliphatic carbocycles. The number of aromatic nitrogens is 4. The number of aromatic amines is 1. The molecule has 0 aliphatic heterocycles. The van der Waals surface area contributed by atoms with E-state index in [9.17, 15) is 13.2 Å². The van der Waals surface area contributed by atoms with E-state index in [1.807, 2.05) is 18.2 Å². The zero-order valence-corrected chi connectivity index (χ0v) is 14.2. The van der Waals surface area contributed by atoms with Gasteiger partial charge in [-0.05, 0) is 42.8 Å². The number of fused-ring (bicyclic) bond motifs is 1. The number of alkyl halides is 3. The third kappa shape index (κ3) is 3.46. The molecule has 4 rings (SSSR count). The molecule has 0 atom stereocenters. The Hall–Kier alpha value is -3.42. The molecule has 0 fully saturated rings. The number of imidazole rings is 1. The molecular formula is C19H14F3N5. The van der Waals surface area contributed by atoms with Gasteiger partial charge in [0.05, 0.1) is 28.6 Å². The molecule has 0 aliphatic rings. The smallest absolute Gasteiger partial charge is 0.345 e. The lowest BCUT2D eigenvalue weighted by atomic mass is 10.1. The van der Waals surface area contributed by atoms with Crippen LogP contribution in [0.2, 0.25) is 0 Å². The van der Waals surface area contributed by atoms with Crippen LogP contribution in [0, 0.1) is 6.92 Å². The molecule has 0 bridgehead atoms. The Morgan fingerprint density at radius 1 is 1.00 bits per heavy atom. The topological polar surface area (TPSA) is 66.5 Å². The van der Waals surface area contributed by atoms with E-state index in [4.69, 9.17) is 0 Å². The Morgan fingerprint density at radius 2 is 1.85 bits per heavy atom. The number of nitrogens with one attached hydrogen (secondary N) is 2. The van der Waals surface area contributed by atoms with Crippen LogP contribution in [0.3, 0.4) is 0 Å². The first-order valence-electron chi connectivity index (χ1n) is 8.11. The lowest BCUT2D eigenvalue weighted by Gasteiger charge is -2.13. The highest BCUT2D eigenvalue weighted by molar-refractivity contribution is 5.80. The van der Waals surface area contributed by atoms with Gasteiger partial charge < -0.3 is 10.3 Å². The van der Waals surface area contributed by atoms with Gasteiger partial charge in [-0.15, -0.1) is 0 Å². The molecule has 0 radical (unpaired) electrons. The predicted octanol–water partition coefficient (Wildman–Crippen LogP) is 5.09. The zero-order valence-electron chi connectivity index (χ0n) is 14.2. The van der Waals surface area contributed by atoms with Gasteiger partial charge in [0.15, 0.2) is 0 Å². The summed E-state index contributed by atoms with van der Waals surface area (Å²) in [6, 6.07) is 11.4.